The van der Waals surface area contributed by atoms with E-state index >= 15 is 9.59 Å². The van der Waals surface area contributed by atoms with E-state index in [4.69, 9.17) is 109 Å². The van der Waals surface area contributed by atoms with E-state index in [0.29, 0.717) is 0 Å². The summed E-state index contributed by atoms with van der Waals surface area (Å²) in [7, 11) is 10.2. The molecule has 8 saturated heterocycles. The molecule has 36 atom stereocenters. The summed E-state index contributed by atoms with van der Waals surface area (Å²) in [5.41, 5.74) is -8.27. The highest BCUT2D eigenvalue weighted by Crippen LogP contribution is 2.58. The number of benzene rings is 2. The number of phenols is 2. The first-order valence-electron chi connectivity index (χ1n) is 40.6. The van der Waals surface area contributed by atoms with Crippen molar-refractivity contribution in [2.75, 3.05) is 49.6 Å². The molecule has 9 aliphatic heterocycles. The number of aromatic hydroxyl groups is 2. The molecule has 670 valence electrons. The number of nitrogens with zero attached hydrogens (tertiary/aromatic N) is 2. The molecule has 11 aliphatic rings. The molecule has 120 heavy (non-hydrogen) atoms. The number of methoxy groups -OCH3 is 5. The predicted octanol–water partition coefficient (Wildman–Crippen LogP) is 2.97. The minimum Gasteiger partial charge on any atom is -0.507 e. The molecule has 8 fully saturated rings. The van der Waals surface area contributed by atoms with Gasteiger partial charge in [0, 0.05) is 108 Å². The quantitative estimate of drug-likeness (QED) is 0.0261. The van der Waals surface area contributed by atoms with Crippen molar-refractivity contribution in [3.8, 4) is 17.2 Å². The maximum Gasteiger partial charge on any atom is 0.330 e. The Hall–Kier alpha value is -6.27. The van der Waals surface area contributed by atoms with Crippen molar-refractivity contribution in [1.82, 2.24) is 4.90 Å². The van der Waals surface area contributed by atoms with Crippen molar-refractivity contribution in [3.05, 3.63) is 73.3 Å². The van der Waals surface area contributed by atoms with Gasteiger partial charge in [-0.25, -0.2) is 4.79 Å². The lowest BCUT2D eigenvalue weighted by Crippen LogP contribution is -2.70. The zero-order valence-corrected chi connectivity index (χ0v) is 70.0. The lowest BCUT2D eigenvalue weighted by Gasteiger charge is -2.56. The van der Waals surface area contributed by atoms with Crippen molar-refractivity contribution in [1.29, 1.82) is 0 Å². The van der Waals surface area contributed by atoms with E-state index in [1.807, 2.05) is 0 Å². The molecule has 28 unspecified atom stereocenters. The van der Waals surface area contributed by atoms with Crippen LogP contribution >= 0.6 is 0 Å². The molecule has 8 N–H and O–H groups in total. The number of phenolic OH excluding ortho intramolecular Hbond substituents is 2. The number of hydrogen-bond acceptors (Lipinski definition) is 37. The predicted molar refractivity (Wildman–Crippen MR) is 403 cm³/mol. The molecule has 39 heteroatoms. The number of aliphatic hydroxyl groups excluding tert-OH is 4. The number of rotatable bonds is 25. The zero-order chi connectivity index (χ0) is 87.1. The molecule has 0 aromatic heterocycles. The Balaban J connectivity index is 0.675. The Kier molecular flexibility index (Phi) is 27.7. The van der Waals surface area contributed by atoms with Gasteiger partial charge in [0.1, 0.15) is 77.6 Å². The van der Waals surface area contributed by atoms with Crippen molar-refractivity contribution in [2.24, 2.45) is 0 Å². The van der Waals surface area contributed by atoms with Crippen molar-refractivity contribution in [2.45, 2.75) is 346 Å². The number of carbonyl (C=O) groups is 5. The van der Waals surface area contributed by atoms with E-state index in [-0.39, 0.29) is 73.8 Å². The molecule has 0 saturated carbocycles. The molecular weight excluding hydrogens is 1590 g/mol. The number of ketones is 2. The second-order valence-electron chi connectivity index (χ2n) is 33.9. The molecule has 13 rings (SSSR count). The fourth-order valence-electron chi connectivity index (χ4n) is 19.3. The van der Waals surface area contributed by atoms with Crippen molar-refractivity contribution >= 4 is 29.5 Å². The number of hydrogen-bond donors (Lipinski definition) is 8. The standard InChI is InChI=1S/C81H114N2O37/c1-31-64(90)44(99-13)25-56(104-31)117-75-37(7)110-57(30-79(75,8)83(97)98)116-70-33(3)106-52(24-43(70)86)118-76-63(82(11)12)68(94)78-119-74-40(81(76,10)120-78)22-41(84)60-61(74)65(91)39-21-38-58(66(92)59(39)67(60)93)48(29-80(9,96)62(38)77(95)103-17)111-53-26-46(101-15)72(35(5)107-53)114-51-23-42(85)69(32(2)105-51)113-54-28-47(102-16)73(36(6)109-54)115-55-27-45(100-14)71(34(4)108-55)112-50(89)20-18-19-49(87)88/h18,20-22,31-37,42-48,51-57,62-64,68-73,75-76,78,84-86,90,92,94,96H,19,23-30H2,1-17H3,(H,87,88)/b20-18+/t31?,32?,33?,34?,35?,36?,37?,42?,43?,44?,45?,46?,47?,48-,51?,52?,53?,54?,55?,56?,57?,62-,63-,64?,68-,69?,70?,71?,72?,73?,75?,76-,78+,79?,80-,81+/m0/s1. The maximum absolute atomic E-state index is 15.7. The van der Waals surface area contributed by atoms with Gasteiger partial charge in [0.25, 0.3) is 5.54 Å². The number of carboxylic acid groups (broad SMARTS) is 1. The average molecular weight is 1710 g/mol. The second kappa shape index (κ2) is 36.4. The third kappa shape index (κ3) is 17.6. The highest BCUT2D eigenvalue weighted by atomic mass is 16.8. The third-order valence-electron chi connectivity index (χ3n) is 25.4. The van der Waals surface area contributed by atoms with Gasteiger partial charge in [0.15, 0.2) is 62.0 Å². The van der Waals surface area contributed by atoms with Crippen LogP contribution in [0.4, 0.5) is 0 Å². The van der Waals surface area contributed by atoms with Crippen molar-refractivity contribution in [3.63, 3.8) is 0 Å². The van der Waals surface area contributed by atoms with Gasteiger partial charge in [-0.3, -0.25) is 29.3 Å². The fourth-order valence-corrected chi connectivity index (χ4v) is 19.3. The summed E-state index contributed by atoms with van der Waals surface area (Å²) in [4.78, 5) is 82.8. The summed E-state index contributed by atoms with van der Waals surface area (Å²) in [5, 5.41) is 106. The Morgan fingerprint density at radius 3 is 1.58 bits per heavy atom. The summed E-state index contributed by atoms with van der Waals surface area (Å²) in [6, 6.07) is 1.31. The van der Waals surface area contributed by atoms with Gasteiger partial charge in [0.05, 0.1) is 128 Å². The van der Waals surface area contributed by atoms with Crippen molar-refractivity contribution < 1.29 is 174 Å². The van der Waals surface area contributed by atoms with E-state index in [1.165, 1.54) is 54.4 Å². The highest BCUT2D eigenvalue weighted by Gasteiger charge is 2.64. The summed E-state index contributed by atoms with van der Waals surface area (Å²) in [6.45, 7) is 16.0. The Bertz CT molecular complexity index is 4070. The zero-order valence-electron chi connectivity index (χ0n) is 70.0. The monoisotopic (exact) mass is 1710 g/mol. The molecule has 9 heterocycles. The van der Waals surface area contributed by atoms with Crippen LogP contribution in [0.25, 0.3) is 0 Å². The van der Waals surface area contributed by atoms with Crippen LogP contribution in [0, 0.1) is 10.1 Å². The van der Waals surface area contributed by atoms with E-state index in [0.717, 1.165) is 19.3 Å². The largest absolute Gasteiger partial charge is 0.507 e. The van der Waals surface area contributed by atoms with Crippen LogP contribution in [0.15, 0.2) is 24.3 Å². The Morgan fingerprint density at radius 1 is 0.575 bits per heavy atom. The van der Waals surface area contributed by atoms with Gasteiger partial charge in [-0.15, -0.1) is 0 Å². The smallest absolute Gasteiger partial charge is 0.330 e. The Morgan fingerprint density at radius 2 is 1.05 bits per heavy atom. The minimum absolute atomic E-state index is 0.0379. The number of esters is 2. The number of carboxylic acids is 1. The van der Waals surface area contributed by atoms with Crippen LogP contribution < -0.4 is 4.74 Å². The molecule has 2 aromatic carbocycles. The van der Waals surface area contributed by atoms with Gasteiger partial charge < -0.3 is 150 Å². The number of carbonyl (C=O) groups excluding carboxylic acids is 4. The molecule has 2 aromatic rings. The van der Waals surface area contributed by atoms with E-state index in [1.54, 1.807) is 74.4 Å². The summed E-state index contributed by atoms with van der Waals surface area (Å²) in [5.74, 6) is -8.46. The van der Waals surface area contributed by atoms with Crippen LogP contribution in [0.5, 0.6) is 17.2 Å². The summed E-state index contributed by atoms with van der Waals surface area (Å²) < 4.78 is 136. The Labute approximate surface area is 692 Å². The van der Waals surface area contributed by atoms with Gasteiger partial charge in [-0.1, -0.05) is 6.08 Å². The van der Waals surface area contributed by atoms with Crippen LogP contribution in [0.3, 0.4) is 0 Å². The van der Waals surface area contributed by atoms with E-state index < -0.39 is 294 Å². The highest BCUT2D eigenvalue weighted by molar-refractivity contribution is 6.31. The molecule has 2 bridgehead atoms. The minimum atomic E-state index is -2.06. The SMILES string of the molecule is COC(=O)[C@@H]1c2cc3c(c(O)c2[C@@H](OC2CC(OC)C(OC4CC(O)C(OC5CC(OC)C(OC6CC(OC)C(OC(=O)/C=C/CC(=O)O)C(C)O6)C(C)O5)C(C)O4)C(C)O2)C[C@]1(C)O)C(=O)c1c(O)cc2c(c1C3=O)O[C@@H]1O[C@@]2(C)[C@@H](OC2CC(O)C(OC3CC(C)([N+](=O)[O-])C(OC4CC(OC)C(O)C(C)O4)C(C)O3)C(C)O2)[C@@H](N(C)C)[C@@H]1O. The first-order chi connectivity index (χ1) is 56.7. The average Bonchev–Trinajstić information content (AvgIpc) is 0.690. The summed E-state index contributed by atoms with van der Waals surface area (Å²) >= 11 is 0. The van der Waals surface area contributed by atoms with Gasteiger partial charge in [-0.05, 0) is 94.1 Å². The number of aliphatic carboxylic acids is 1. The normalized spacial score (nSPS) is 43.2. The molecule has 39 nitrogen and oxygen atoms in total. The molecule has 0 radical (unpaired) electrons. The fraction of sp³-hybridized carbons (Fsp3) is 0.765. The van der Waals surface area contributed by atoms with Gasteiger partial charge in [0.2, 0.25) is 12.1 Å². The molecule has 0 spiro atoms. The van der Waals surface area contributed by atoms with Crippen LogP contribution in [-0.2, 0) is 119 Å². The first-order valence-corrected chi connectivity index (χ1v) is 40.6. The maximum atomic E-state index is 15.7. The third-order valence-corrected chi connectivity index (χ3v) is 25.4. The topological polar surface area (TPSA) is 497 Å². The lowest BCUT2D eigenvalue weighted by atomic mass is 9.68. The van der Waals surface area contributed by atoms with Gasteiger partial charge >= 0.3 is 17.9 Å². The number of nitro groups is 1. The molecule has 0 amide bonds. The number of likely N-dealkylation sites (N-methyl/N-ethyl adjacent to an activating group) is 1. The van der Waals surface area contributed by atoms with Crippen LogP contribution in [-0.4, -0.2) is 332 Å². The number of aliphatic hydroxyl groups is 5. The number of fused-ring (bicyclic) bond motifs is 8. The summed E-state index contributed by atoms with van der Waals surface area (Å²) in [6.07, 6.45) is -29.8. The lowest BCUT2D eigenvalue weighted by molar-refractivity contribution is -0.599. The molecule has 2 aliphatic carbocycles. The number of ether oxygens (including phenoxy) is 22. The van der Waals surface area contributed by atoms with Gasteiger partial charge in [-0.2, -0.15) is 0 Å². The van der Waals surface area contributed by atoms with Crippen LogP contribution in [0.2, 0.25) is 0 Å². The van der Waals surface area contributed by atoms with E-state index in [2.05, 4.69) is 0 Å². The molecular formula is C81H114N2O37. The first kappa shape index (κ1) is 91.4. The van der Waals surface area contributed by atoms with Crippen LogP contribution in [0.1, 0.15) is 188 Å². The van der Waals surface area contributed by atoms with E-state index in [9.17, 15) is 60.2 Å². The second-order valence-corrected chi connectivity index (χ2v) is 33.9.